The van der Waals surface area contributed by atoms with Crippen LogP contribution in [0.15, 0.2) is 24.3 Å². The lowest BCUT2D eigenvalue weighted by atomic mass is 10.2. The lowest BCUT2D eigenvalue weighted by Crippen LogP contribution is -1.97. The molecule has 5 heteroatoms. The van der Waals surface area contributed by atoms with Crippen LogP contribution < -0.4 is 0 Å². The highest BCUT2D eigenvalue weighted by atomic mass is 35.5. The van der Waals surface area contributed by atoms with E-state index in [1.807, 2.05) is 31.2 Å². The zero-order valence-corrected chi connectivity index (χ0v) is 9.64. The van der Waals surface area contributed by atoms with Crippen molar-refractivity contribution < 1.29 is 13.0 Å². The second-order valence-electron chi connectivity index (χ2n) is 2.67. The summed E-state index contributed by atoms with van der Waals surface area (Å²) in [7, 11) is -3.66. The third-order valence-electron chi connectivity index (χ3n) is 1.38. The Morgan fingerprint density at radius 3 is 1.86 bits per heavy atom. The van der Waals surface area contributed by atoms with Gasteiger partial charge < -0.3 is 0 Å². The lowest BCUT2D eigenvalue weighted by Gasteiger charge is -1.88. The van der Waals surface area contributed by atoms with Crippen molar-refractivity contribution in [2.45, 2.75) is 13.8 Å². The van der Waals surface area contributed by atoms with E-state index in [0.717, 1.165) is 5.02 Å². The van der Waals surface area contributed by atoms with Crippen molar-refractivity contribution in [3.63, 3.8) is 0 Å². The Labute approximate surface area is 89.5 Å². The largest absolute Gasteiger partial charge is 0.286 e. The predicted molar refractivity (Wildman–Crippen MR) is 58.3 cm³/mol. The molecule has 1 aromatic carbocycles. The first-order valence-corrected chi connectivity index (χ1v) is 6.01. The number of hydrogen-bond acceptors (Lipinski definition) is 2. The molecule has 0 radical (unpaired) electrons. The quantitative estimate of drug-likeness (QED) is 0.763. The number of benzene rings is 1. The average Bonchev–Trinajstić information content (AvgIpc) is 2.10. The van der Waals surface area contributed by atoms with E-state index >= 15 is 0 Å². The maximum Gasteiger partial charge on any atom is 0.264 e. The monoisotopic (exact) mass is 236 g/mol. The van der Waals surface area contributed by atoms with Crippen LogP contribution in [0.3, 0.4) is 0 Å². The maximum atomic E-state index is 9.56. The molecule has 0 spiro atoms. The summed E-state index contributed by atoms with van der Waals surface area (Å²) in [5, 5.41) is 0.801. The summed E-state index contributed by atoms with van der Waals surface area (Å²) < 4.78 is 26.9. The van der Waals surface area contributed by atoms with E-state index in [1.165, 1.54) is 12.5 Å². The molecule has 14 heavy (non-hydrogen) atoms. The van der Waals surface area contributed by atoms with E-state index in [0.29, 0.717) is 0 Å². The molecule has 0 atom stereocenters. The second kappa shape index (κ2) is 6.01. The molecule has 0 aliphatic rings. The third kappa shape index (κ3) is 8.04. The van der Waals surface area contributed by atoms with E-state index in [2.05, 4.69) is 0 Å². The first kappa shape index (κ1) is 13.4. The molecule has 0 fully saturated rings. The normalized spacial score (nSPS) is 10.3. The Hall–Kier alpha value is -0.580. The van der Waals surface area contributed by atoms with Gasteiger partial charge in [0.2, 0.25) is 0 Å². The van der Waals surface area contributed by atoms with Gasteiger partial charge in [-0.15, -0.1) is 0 Å². The minimum Gasteiger partial charge on any atom is -0.286 e. The van der Waals surface area contributed by atoms with Gasteiger partial charge in [0, 0.05) is 5.02 Å². The predicted octanol–water partition coefficient (Wildman–Crippen LogP) is 2.54. The topological polar surface area (TPSA) is 54.4 Å². The van der Waals surface area contributed by atoms with Crippen LogP contribution in [0.5, 0.6) is 0 Å². The van der Waals surface area contributed by atoms with Gasteiger partial charge in [0.05, 0.1) is 5.75 Å². The summed E-state index contributed by atoms with van der Waals surface area (Å²) in [4.78, 5) is 0. The lowest BCUT2D eigenvalue weighted by molar-refractivity contribution is 0.484. The number of rotatable bonds is 1. The summed E-state index contributed by atoms with van der Waals surface area (Å²) in [6, 6.07) is 7.75. The van der Waals surface area contributed by atoms with Crippen molar-refractivity contribution in [2.75, 3.05) is 5.75 Å². The highest BCUT2D eigenvalue weighted by Gasteiger charge is 1.93. The first-order chi connectivity index (χ1) is 6.35. The maximum absolute atomic E-state index is 9.56. The molecule has 80 valence electrons. The van der Waals surface area contributed by atoms with E-state index in [-0.39, 0.29) is 5.75 Å². The number of hydrogen-bond donors (Lipinski definition) is 1. The highest BCUT2D eigenvalue weighted by Crippen LogP contribution is 2.07. The molecule has 0 heterocycles. The summed E-state index contributed by atoms with van der Waals surface area (Å²) >= 11 is 5.61. The number of aryl methyl sites for hydroxylation is 1. The molecule has 0 amide bonds. The van der Waals surface area contributed by atoms with Gasteiger partial charge in [-0.05, 0) is 26.0 Å². The van der Waals surface area contributed by atoms with Crippen molar-refractivity contribution in [3.05, 3.63) is 34.9 Å². The van der Waals surface area contributed by atoms with Gasteiger partial charge in [0.1, 0.15) is 0 Å². The van der Waals surface area contributed by atoms with Crippen LogP contribution >= 0.6 is 11.6 Å². The summed E-state index contributed by atoms with van der Waals surface area (Å²) in [5.41, 5.74) is 1.24. The Morgan fingerprint density at radius 2 is 1.64 bits per heavy atom. The zero-order chi connectivity index (χ0) is 11.2. The van der Waals surface area contributed by atoms with Crippen molar-refractivity contribution in [1.82, 2.24) is 0 Å². The Balaban J connectivity index is 0.000000255. The molecule has 0 unspecified atom stereocenters. The first-order valence-electron chi connectivity index (χ1n) is 4.02. The van der Waals surface area contributed by atoms with Crippen molar-refractivity contribution in [2.24, 2.45) is 0 Å². The number of halogens is 1. The molecule has 1 aromatic rings. The SMILES string of the molecule is CCS(=O)(=O)O.Cc1ccc(Cl)cc1. The van der Waals surface area contributed by atoms with Crippen LogP contribution in [0.1, 0.15) is 12.5 Å². The van der Waals surface area contributed by atoms with Crippen molar-refractivity contribution in [1.29, 1.82) is 0 Å². The molecular weight excluding hydrogens is 224 g/mol. The Morgan fingerprint density at radius 1 is 1.29 bits per heavy atom. The van der Waals surface area contributed by atoms with Gasteiger partial charge in [-0.1, -0.05) is 29.3 Å². The standard InChI is InChI=1S/C7H7Cl.C2H6O3S/c1-6-2-4-7(8)5-3-6;1-2-6(3,4)5/h2-5H,1H3;2H2,1H3,(H,3,4,5). The van der Waals surface area contributed by atoms with Crippen LogP contribution in [-0.4, -0.2) is 18.7 Å². The fourth-order valence-electron chi connectivity index (χ4n) is 0.533. The second-order valence-corrected chi connectivity index (χ2v) is 4.84. The van der Waals surface area contributed by atoms with E-state index in [1.54, 1.807) is 0 Å². The molecule has 0 saturated carbocycles. The van der Waals surface area contributed by atoms with Gasteiger partial charge >= 0.3 is 0 Å². The van der Waals surface area contributed by atoms with Gasteiger partial charge in [0.25, 0.3) is 10.1 Å². The van der Waals surface area contributed by atoms with Crippen LogP contribution in [0.4, 0.5) is 0 Å². The third-order valence-corrected chi connectivity index (χ3v) is 2.36. The smallest absolute Gasteiger partial charge is 0.264 e. The van der Waals surface area contributed by atoms with Gasteiger partial charge in [-0.25, -0.2) is 0 Å². The van der Waals surface area contributed by atoms with Crippen molar-refractivity contribution in [3.8, 4) is 0 Å². The van der Waals surface area contributed by atoms with Crippen LogP contribution in [0, 0.1) is 6.92 Å². The summed E-state index contributed by atoms with van der Waals surface area (Å²) in [6.45, 7) is 3.41. The fourth-order valence-corrected chi connectivity index (χ4v) is 0.659. The fraction of sp³-hybridized carbons (Fsp3) is 0.333. The average molecular weight is 237 g/mol. The highest BCUT2D eigenvalue weighted by molar-refractivity contribution is 7.85. The van der Waals surface area contributed by atoms with Crippen LogP contribution in [-0.2, 0) is 10.1 Å². The molecule has 0 aliphatic carbocycles. The summed E-state index contributed by atoms with van der Waals surface area (Å²) in [6.07, 6.45) is 0. The summed E-state index contributed by atoms with van der Waals surface area (Å²) in [5.74, 6) is -0.201. The zero-order valence-electron chi connectivity index (χ0n) is 8.07. The molecule has 1 rings (SSSR count). The van der Waals surface area contributed by atoms with Crippen LogP contribution in [0.2, 0.25) is 5.02 Å². The van der Waals surface area contributed by atoms with Gasteiger partial charge in [-0.3, -0.25) is 4.55 Å². The Bertz CT molecular complexity index is 335. The molecule has 0 saturated heterocycles. The van der Waals surface area contributed by atoms with E-state index < -0.39 is 10.1 Å². The Kier molecular flexibility index (Phi) is 5.76. The van der Waals surface area contributed by atoms with E-state index in [9.17, 15) is 8.42 Å². The minimum atomic E-state index is -3.66. The minimum absolute atomic E-state index is 0.201. The molecular formula is C9H13ClO3S. The van der Waals surface area contributed by atoms with E-state index in [4.69, 9.17) is 16.2 Å². The molecule has 0 aliphatic heterocycles. The van der Waals surface area contributed by atoms with Gasteiger partial charge in [0.15, 0.2) is 0 Å². The molecule has 0 aromatic heterocycles. The van der Waals surface area contributed by atoms with Crippen molar-refractivity contribution >= 4 is 21.7 Å². The molecule has 0 bridgehead atoms. The van der Waals surface area contributed by atoms with Gasteiger partial charge in [-0.2, -0.15) is 8.42 Å². The molecule has 3 nitrogen and oxygen atoms in total. The van der Waals surface area contributed by atoms with Crippen LogP contribution in [0.25, 0.3) is 0 Å². The molecule has 1 N–H and O–H groups in total.